The van der Waals surface area contributed by atoms with E-state index >= 15 is 0 Å². The van der Waals surface area contributed by atoms with Gasteiger partial charge in [0, 0.05) is 12.3 Å². The molecule has 0 aliphatic heterocycles. The maximum absolute atomic E-state index is 10.9. The van der Waals surface area contributed by atoms with Gasteiger partial charge in [0.1, 0.15) is 5.60 Å². The monoisotopic (exact) mass is 170 g/mol. The zero-order chi connectivity index (χ0) is 9.41. The largest absolute Gasteiger partial charge is 0.459 e. The fraction of sp³-hybridized carbons (Fsp3) is 0.900. The van der Waals surface area contributed by atoms with Crippen LogP contribution < -0.4 is 0 Å². The van der Waals surface area contributed by atoms with Crippen molar-refractivity contribution in [2.75, 3.05) is 0 Å². The third-order valence-corrected chi connectivity index (χ3v) is 2.87. The molecular formula is C10H18O2. The molecule has 0 saturated heterocycles. The van der Waals surface area contributed by atoms with Crippen molar-refractivity contribution in [1.29, 1.82) is 0 Å². The van der Waals surface area contributed by atoms with Crippen LogP contribution in [0.5, 0.6) is 0 Å². The Labute approximate surface area is 74.3 Å². The third-order valence-electron chi connectivity index (χ3n) is 2.87. The van der Waals surface area contributed by atoms with Crippen LogP contribution in [0.3, 0.4) is 0 Å². The number of rotatable bonds is 1. The van der Waals surface area contributed by atoms with Gasteiger partial charge in [-0.25, -0.2) is 0 Å². The quantitative estimate of drug-likeness (QED) is 0.565. The molecule has 2 nitrogen and oxygen atoms in total. The van der Waals surface area contributed by atoms with Crippen LogP contribution in [0.4, 0.5) is 0 Å². The van der Waals surface area contributed by atoms with E-state index in [4.69, 9.17) is 4.74 Å². The van der Waals surface area contributed by atoms with Crippen LogP contribution >= 0.6 is 0 Å². The highest BCUT2D eigenvalue weighted by atomic mass is 16.6. The Balaban J connectivity index is 2.70. The first-order chi connectivity index (χ1) is 5.37. The smallest absolute Gasteiger partial charge is 0.303 e. The highest BCUT2D eigenvalue weighted by Crippen LogP contribution is 2.48. The SMILES string of the molecule is CC(=O)OC1(C(C)(C)C)CCC1. The van der Waals surface area contributed by atoms with Crippen LogP contribution in [-0.2, 0) is 9.53 Å². The van der Waals surface area contributed by atoms with Gasteiger partial charge in [-0.1, -0.05) is 20.8 Å². The first-order valence-corrected chi connectivity index (χ1v) is 4.57. The predicted molar refractivity (Wildman–Crippen MR) is 47.8 cm³/mol. The van der Waals surface area contributed by atoms with Gasteiger partial charge in [0.05, 0.1) is 0 Å². The summed E-state index contributed by atoms with van der Waals surface area (Å²) in [6.07, 6.45) is 3.23. The molecule has 1 aliphatic carbocycles. The van der Waals surface area contributed by atoms with Crippen LogP contribution in [-0.4, -0.2) is 11.6 Å². The van der Waals surface area contributed by atoms with Gasteiger partial charge in [-0.3, -0.25) is 4.79 Å². The molecule has 0 amide bonds. The molecule has 1 fully saturated rings. The molecule has 0 bridgehead atoms. The van der Waals surface area contributed by atoms with Crippen LogP contribution in [0.2, 0.25) is 0 Å². The number of ether oxygens (including phenoxy) is 1. The maximum atomic E-state index is 10.9. The van der Waals surface area contributed by atoms with Crippen molar-refractivity contribution in [3.63, 3.8) is 0 Å². The zero-order valence-corrected chi connectivity index (χ0v) is 8.44. The van der Waals surface area contributed by atoms with Crippen molar-refractivity contribution in [3.8, 4) is 0 Å². The van der Waals surface area contributed by atoms with Gasteiger partial charge in [-0.2, -0.15) is 0 Å². The summed E-state index contributed by atoms with van der Waals surface area (Å²) in [5.74, 6) is -0.148. The molecule has 1 aliphatic rings. The second kappa shape index (κ2) is 2.75. The Morgan fingerprint density at radius 3 is 1.92 bits per heavy atom. The number of carbonyl (C=O) groups excluding carboxylic acids is 1. The minimum atomic E-state index is -0.168. The second-order valence-corrected chi connectivity index (χ2v) is 4.69. The van der Waals surface area contributed by atoms with E-state index in [0.717, 1.165) is 12.8 Å². The van der Waals surface area contributed by atoms with E-state index in [9.17, 15) is 4.79 Å². The zero-order valence-electron chi connectivity index (χ0n) is 8.44. The van der Waals surface area contributed by atoms with Crippen molar-refractivity contribution in [2.24, 2.45) is 5.41 Å². The third kappa shape index (κ3) is 1.47. The average Bonchev–Trinajstić information content (AvgIpc) is 1.74. The average molecular weight is 170 g/mol. The van der Waals surface area contributed by atoms with Crippen molar-refractivity contribution < 1.29 is 9.53 Å². The lowest BCUT2D eigenvalue weighted by atomic mass is 9.64. The van der Waals surface area contributed by atoms with E-state index in [2.05, 4.69) is 20.8 Å². The Hall–Kier alpha value is -0.530. The topological polar surface area (TPSA) is 26.3 Å². The Bertz CT molecular complexity index is 185. The van der Waals surface area contributed by atoms with Crippen LogP contribution in [0.1, 0.15) is 47.0 Å². The molecule has 70 valence electrons. The maximum Gasteiger partial charge on any atom is 0.303 e. The highest BCUT2D eigenvalue weighted by molar-refractivity contribution is 5.66. The van der Waals surface area contributed by atoms with Gasteiger partial charge in [0.25, 0.3) is 0 Å². The van der Waals surface area contributed by atoms with Gasteiger partial charge in [0.2, 0.25) is 0 Å². The van der Waals surface area contributed by atoms with Gasteiger partial charge in [0.15, 0.2) is 0 Å². The molecule has 0 unspecified atom stereocenters. The molecule has 0 aromatic rings. The summed E-state index contributed by atoms with van der Waals surface area (Å²) in [6, 6.07) is 0. The van der Waals surface area contributed by atoms with E-state index in [1.165, 1.54) is 13.3 Å². The molecule has 2 heteroatoms. The molecule has 0 aromatic heterocycles. The van der Waals surface area contributed by atoms with E-state index in [1.807, 2.05) is 0 Å². The van der Waals surface area contributed by atoms with E-state index < -0.39 is 0 Å². The Morgan fingerprint density at radius 1 is 1.33 bits per heavy atom. The van der Waals surface area contributed by atoms with Crippen molar-refractivity contribution >= 4 is 5.97 Å². The second-order valence-electron chi connectivity index (χ2n) is 4.69. The van der Waals surface area contributed by atoms with Crippen LogP contribution in [0.25, 0.3) is 0 Å². The predicted octanol–water partition coefficient (Wildman–Crippen LogP) is 2.52. The standard InChI is InChI=1S/C10H18O2/c1-8(11)12-10(6-5-7-10)9(2,3)4/h5-7H2,1-4H3. The molecule has 0 heterocycles. The van der Waals surface area contributed by atoms with Crippen molar-refractivity contribution in [2.45, 2.75) is 52.6 Å². The number of carbonyl (C=O) groups is 1. The number of esters is 1. The Kier molecular flexibility index (Phi) is 2.19. The minimum Gasteiger partial charge on any atom is -0.459 e. The van der Waals surface area contributed by atoms with Crippen molar-refractivity contribution in [1.82, 2.24) is 0 Å². The summed E-state index contributed by atoms with van der Waals surface area (Å²) in [4.78, 5) is 10.9. The summed E-state index contributed by atoms with van der Waals surface area (Å²) in [6.45, 7) is 7.89. The molecule has 0 aromatic carbocycles. The lowest BCUT2D eigenvalue weighted by molar-refractivity contribution is -0.187. The van der Waals surface area contributed by atoms with Gasteiger partial charge < -0.3 is 4.74 Å². The first kappa shape index (κ1) is 9.56. The Morgan fingerprint density at radius 2 is 1.83 bits per heavy atom. The molecular weight excluding hydrogens is 152 g/mol. The summed E-state index contributed by atoms with van der Waals surface area (Å²) < 4.78 is 5.40. The summed E-state index contributed by atoms with van der Waals surface area (Å²) >= 11 is 0. The molecule has 0 radical (unpaired) electrons. The fourth-order valence-electron chi connectivity index (χ4n) is 1.78. The number of hydrogen-bond acceptors (Lipinski definition) is 2. The van der Waals surface area contributed by atoms with E-state index in [1.54, 1.807) is 0 Å². The fourth-order valence-corrected chi connectivity index (χ4v) is 1.78. The lowest BCUT2D eigenvalue weighted by Gasteiger charge is -2.50. The highest BCUT2D eigenvalue weighted by Gasteiger charge is 2.49. The molecule has 1 saturated carbocycles. The van der Waals surface area contributed by atoms with Gasteiger partial charge >= 0.3 is 5.97 Å². The van der Waals surface area contributed by atoms with E-state index in [0.29, 0.717) is 0 Å². The van der Waals surface area contributed by atoms with Gasteiger partial charge in [-0.15, -0.1) is 0 Å². The van der Waals surface area contributed by atoms with Crippen molar-refractivity contribution in [3.05, 3.63) is 0 Å². The first-order valence-electron chi connectivity index (χ1n) is 4.57. The van der Waals surface area contributed by atoms with E-state index in [-0.39, 0.29) is 17.0 Å². The normalized spacial score (nSPS) is 21.3. The molecule has 1 rings (SSSR count). The molecule has 12 heavy (non-hydrogen) atoms. The molecule has 0 atom stereocenters. The number of hydrogen-bond donors (Lipinski definition) is 0. The molecule has 0 spiro atoms. The molecule has 0 N–H and O–H groups in total. The van der Waals surface area contributed by atoms with Crippen LogP contribution in [0, 0.1) is 5.41 Å². The summed E-state index contributed by atoms with van der Waals surface area (Å²) in [5.41, 5.74) is -0.0875. The lowest BCUT2D eigenvalue weighted by Crippen LogP contribution is -2.51. The minimum absolute atomic E-state index is 0.0803. The van der Waals surface area contributed by atoms with Gasteiger partial charge in [-0.05, 0) is 19.3 Å². The van der Waals surface area contributed by atoms with Crippen LogP contribution in [0.15, 0.2) is 0 Å². The summed E-state index contributed by atoms with van der Waals surface area (Å²) in [5, 5.41) is 0. The summed E-state index contributed by atoms with van der Waals surface area (Å²) in [7, 11) is 0.